The van der Waals surface area contributed by atoms with Gasteiger partial charge in [0.2, 0.25) is 0 Å². The summed E-state index contributed by atoms with van der Waals surface area (Å²) in [5, 5.41) is 17.2. The van der Waals surface area contributed by atoms with E-state index in [1.54, 1.807) is 0 Å². The Morgan fingerprint density at radius 2 is 0.864 bits per heavy atom. The van der Waals surface area contributed by atoms with Crippen LogP contribution in [0.3, 0.4) is 0 Å². The minimum Gasteiger partial charge on any atom is -0.394 e. The van der Waals surface area contributed by atoms with Crippen LogP contribution in [0.25, 0.3) is 0 Å². The van der Waals surface area contributed by atoms with Crippen LogP contribution in [0.1, 0.15) is 0 Å². The zero-order valence-electron chi connectivity index (χ0n) is 14.5. The molecule has 0 heterocycles. The van der Waals surface area contributed by atoms with Crippen LogP contribution in [0, 0.1) is 0 Å². The van der Waals surface area contributed by atoms with Gasteiger partial charge in [0.25, 0.3) is 0 Å². The molecule has 134 valence electrons. The molecule has 0 aliphatic rings. The summed E-state index contributed by atoms with van der Waals surface area (Å²) in [7, 11) is 6.30. The van der Waals surface area contributed by atoms with Crippen molar-refractivity contribution in [3.05, 3.63) is 0 Å². The van der Waals surface area contributed by atoms with Gasteiger partial charge in [0.05, 0.1) is 39.6 Å². The molecule has 7 heteroatoms. The number of aliphatic hydroxyl groups excluding tert-OH is 2. The summed E-state index contributed by atoms with van der Waals surface area (Å²) in [5.41, 5.74) is 0. The first-order valence-corrected chi connectivity index (χ1v) is 8.03. The van der Waals surface area contributed by atoms with E-state index >= 15 is 0 Å². The Balaban J connectivity index is 3.49. The molecule has 2 N–H and O–H groups in total. The highest BCUT2D eigenvalue weighted by Crippen LogP contribution is 1.90. The molecule has 0 spiro atoms. The second-order valence-corrected chi connectivity index (χ2v) is 5.58. The van der Waals surface area contributed by atoms with Crippen molar-refractivity contribution in [2.45, 2.75) is 0 Å². The van der Waals surface area contributed by atoms with E-state index in [1.807, 2.05) is 0 Å². The third-order valence-electron chi connectivity index (χ3n) is 3.43. The molecular formula is C15H35N3O4. The largest absolute Gasteiger partial charge is 0.394 e. The SMILES string of the molecule is CN(CCOCCO)CCN(C)CCN(C)CCOCCO. The van der Waals surface area contributed by atoms with Gasteiger partial charge in [0, 0.05) is 39.3 Å². The molecule has 0 rings (SSSR count). The number of hydrogen-bond acceptors (Lipinski definition) is 7. The number of aliphatic hydroxyl groups is 2. The first-order chi connectivity index (χ1) is 10.6. The van der Waals surface area contributed by atoms with E-state index in [-0.39, 0.29) is 13.2 Å². The van der Waals surface area contributed by atoms with Crippen molar-refractivity contribution >= 4 is 0 Å². The van der Waals surface area contributed by atoms with Crippen molar-refractivity contribution in [2.24, 2.45) is 0 Å². The average molecular weight is 321 g/mol. The molecule has 0 fully saturated rings. The summed E-state index contributed by atoms with van der Waals surface area (Å²) in [5.74, 6) is 0. The van der Waals surface area contributed by atoms with Crippen molar-refractivity contribution in [2.75, 3.05) is 100 Å². The molecule has 0 saturated heterocycles. The highest BCUT2D eigenvalue weighted by atomic mass is 16.5. The Morgan fingerprint density at radius 1 is 0.545 bits per heavy atom. The lowest BCUT2D eigenvalue weighted by atomic mass is 10.4. The average Bonchev–Trinajstić information content (AvgIpc) is 2.51. The van der Waals surface area contributed by atoms with Crippen molar-refractivity contribution in [3.63, 3.8) is 0 Å². The Bertz CT molecular complexity index is 213. The highest BCUT2D eigenvalue weighted by molar-refractivity contribution is 4.60. The second kappa shape index (κ2) is 15.6. The fourth-order valence-electron chi connectivity index (χ4n) is 1.79. The molecule has 7 nitrogen and oxygen atoms in total. The topological polar surface area (TPSA) is 68.6 Å². The van der Waals surface area contributed by atoms with E-state index in [9.17, 15) is 0 Å². The van der Waals surface area contributed by atoms with Crippen LogP contribution < -0.4 is 0 Å². The molecule has 0 saturated carbocycles. The summed E-state index contributed by atoms with van der Waals surface area (Å²) < 4.78 is 10.5. The number of hydrogen-bond donors (Lipinski definition) is 2. The second-order valence-electron chi connectivity index (χ2n) is 5.58. The van der Waals surface area contributed by atoms with Crippen LogP contribution in [-0.2, 0) is 9.47 Å². The molecule has 0 aliphatic heterocycles. The van der Waals surface area contributed by atoms with Crippen LogP contribution in [0.5, 0.6) is 0 Å². The molecule has 0 amide bonds. The van der Waals surface area contributed by atoms with Gasteiger partial charge in [-0.3, -0.25) is 0 Å². The van der Waals surface area contributed by atoms with Crippen LogP contribution in [0.15, 0.2) is 0 Å². The van der Waals surface area contributed by atoms with Gasteiger partial charge in [-0.1, -0.05) is 0 Å². The summed E-state index contributed by atoms with van der Waals surface area (Å²) in [6.45, 7) is 8.15. The van der Waals surface area contributed by atoms with Crippen LogP contribution in [0.4, 0.5) is 0 Å². The third kappa shape index (κ3) is 14.6. The fourth-order valence-corrected chi connectivity index (χ4v) is 1.79. The number of ether oxygens (including phenoxy) is 2. The number of likely N-dealkylation sites (N-methyl/N-ethyl adjacent to an activating group) is 3. The van der Waals surface area contributed by atoms with E-state index in [0.29, 0.717) is 26.4 Å². The molecule has 0 aromatic rings. The van der Waals surface area contributed by atoms with Gasteiger partial charge in [-0.15, -0.1) is 0 Å². The summed E-state index contributed by atoms with van der Waals surface area (Å²) in [6, 6.07) is 0. The number of rotatable bonds is 16. The Kier molecular flexibility index (Phi) is 15.4. The highest BCUT2D eigenvalue weighted by Gasteiger charge is 2.04. The summed E-state index contributed by atoms with van der Waals surface area (Å²) in [6.07, 6.45) is 0. The molecule has 0 bridgehead atoms. The summed E-state index contributed by atoms with van der Waals surface area (Å²) in [4.78, 5) is 6.79. The molecule has 0 radical (unpaired) electrons. The van der Waals surface area contributed by atoms with Crippen molar-refractivity contribution in [3.8, 4) is 0 Å². The zero-order valence-corrected chi connectivity index (χ0v) is 14.5. The molecule has 0 unspecified atom stereocenters. The number of nitrogens with zero attached hydrogens (tertiary/aromatic N) is 3. The van der Waals surface area contributed by atoms with Crippen LogP contribution >= 0.6 is 0 Å². The van der Waals surface area contributed by atoms with Gasteiger partial charge in [-0.2, -0.15) is 0 Å². The maximum absolute atomic E-state index is 8.62. The Labute approximate surface area is 135 Å². The van der Waals surface area contributed by atoms with Gasteiger partial charge in [0.1, 0.15) is 0 Å². The molecule has 0 aromatic carbocycles. The smallest absolute Gasteiger partial charge is 0.0698 e. The molecule has 22 heavy (non-hydrogen) atoms. The molecular weight excluding hydrogens is 286 g/mol. The van der Waals surface area contributed by atoms with E-state index in [1.165, 1.54) is 0 Å². The Hall–Kier alpha value is -0.280. The minimum atomic E-state index is 0.0883. The molecule has 0 atom stereocenters. The first kappa shape index (κ1) is 21.7. The maximum Gasteiger partial charge on any atom is 0.0698 e. The van der Waals surface area contributed by atoms with Gasteiger partial charge >= 0.3 is 0 Å². The normalized spacial score (nSPS) is 12.0. The summed E-state index contributed by atoms with van der Waals surface area (Å²) >= 11 is 0. The van der Waals surface area contributed by atoms with Gasteiger partial charge in [0.15, 0.2) is 0 Å². The maximum atomic E-state index is 8.62. The van der Waals surface area contributed by atoms with E-state index in [4.69, 9.17) is 19.7 Å². The lowest BCUT2D eigenvalue weighted by Gasteiger charge is -2.24. The lowest BCUT2D eigenvalue weighted by Crippen LogP contribution is -2.37. The van der Waals surface area contributed by atoms with E-state index in [0.717, 1.165) is 39.3 Å². The van der Waals surface area contributed by atoms with Crippen molar-refractivity contribution in [1.82, 2.24) is 14.7 Å². The predicted octanol–water partition coefficient (Wildman–Crippen LogP) is -1.20. The molecule has 0 aliphatic carbocycles. The van der Waals surface area contributed by atoms with E-state index in [2.05, 4.69) is 35.8 Å². The molecule has 0 aromatic heterocycles. The van der Waals surface area contributed by atoms with Gasteiger partial charge in [-0.25, -0.2) is 0 Å². The zero-order chi connectivity index (χ0) is 16.6. The van der Waals surface area contributed by atoms with Gasteiger partial charge < -0.3 is 34.4 Å². The third-order valence-corrected chi connectivity index (χ3v) is 3.43. The quantitative estimate of drug-likeness (QED) is 0.346. The van der Waals surface area contributed by atoms with E-state index < -0.39 is 0 Å². The van der Waals surface area contributed by atoms with Crippen LogP contribution in [-0.4, -0.2) is 125 Å². The Morgan fingerprint density at radius 3 is 1.18 bits per heavy atom. The minimum absolute atomic E-state index is 0.0883. The van der Waals surface area contributed by atoms with Gasteiger partial charge in [-0.05, 0) is 21.1 Å². The lowest BCUT2D eigenvalue weighted by molar-refractivity contribution is 0.0742. The van der Waals surface area contributed by atoms with Crippen LogP contribution in [0.2, 0.25) is 0 Å². The van der Waals surface area contributed by atoms with Crippen molar-refractivity contribution < 1.29 is 19.7 Å². The first-order valence-electron chi connectivity index (χ1n) is 8.03. The van der Waals surface area contributed by atoms with Crippen molar-refractivity contribution in [1.29, 1.82) is 0 Å². The predicted molar refractivity (Wildman–Crippen MR) is 88.3 cm³/mol. The standard InChI is InChI=1S/C15H35N3O4/c1-16(4-6-17(2)8-12-21-14-10-19)5-7-18(3)9-13-22-15-11-20/h19-20H,4-15H2,1-3H3. The fraction of sp³-hybridized carbons (Fsp3) is 1.00. The monoisotopic (exact) mass is 321 g/mol.